The van der Waals surface area contributed by atoms with Crippen LogP contribution in [0.4, 0.5) is 11.4 Å². The molecule has 0 saturated heterocycles. The van der Waals surface area contributed by atoms with Crippen LogP contribution >= 0.6 is 0 Å². The number of aliphatic hydroxyl groups excluding tert-OH is 1. The van der Waals surface area contributed by atoms with Gasteiger partial charge in [0.15, 0.2) is 0 Å². The van der Waals surface area contributed by atoms with Gasteiger partial charge in [-0.2, -0.15) is 0 Å². The molecule has 1 unspecified atom stereocenters. The third-order valence-corrected chi connectivity index (χ3v) is 5.41. The van der Waals surface area contributed by atoms with Crippen LogP contribution < -0.4 is 14.4 Å². The molecule has 2 aromatic carbocycles. The Bertz CT molecular complexity index is 948. The molecule has 0 aliphatic carbocycles. The zero-order valence-electron chi connectivity index (χ0n) is 17.4. The third-order valence-electron chi connectivity index (χ3n) is 4.28. The van der Waals surface area contributed by atoms with E-state index in [9.17, 15) is 18.3 Å². The Morgan fingerprint density at radius 2 is 1.69 bits per heavy atom. The SMILES string of the molecule is CC(=O)Nc1ccc(OCC(O)CN(c2c(C)cc(C)cc2C)S(C)(=O)=O)cc1. The number of amides is 1. The van der Waals surface area contributed by atoms with E-state index in [4.69, 9.17) is 4.74 Å². The molecule has 7 nitrogen and oxygen atoms in total. The van der Waals surface area contributed by atoms with Crippen LogP contribution in [0.3, 0.4) is 0 Å². The molecule has 1 atom stereocenters. The third kappa shape index (κ3) is 6.47. The Hall–Kier alpha value is -2.58. The highest BCUT2D eigenvalue weighted by Crippen LogP contribution is 2.28. The van der Waals surface area contributed by atoms with Gasteiger partial charge in [-0.15, -0.1) is 0 Å². The number of carbonyl (C=O) groups is 1. The van der Waals surface area contributed by atoms with Gasteiger partial charge in [-0.3, -0.25) is 9.10 Å². The molecule has 0 aliphatic rings. The summed E-state index contributed by atoms with van der Waals surface area (Å²) in [6, 6.07) is 10.5. The van der Waals surface area contributed by atoms with E-state index in [2.05, 4.69) is 5.32 Å². The number of carbonyl (C=O) groups excluding carboxylic acids is 1. The molecule has 158 valence electrons. The van der Waals surface area contributed by atoms with Gasteiger partial charge in [-0.1, -0.05) is 17.7 Å². The highest BCUT2D eigenvalue weighted by atomic mass is 32.2. The molecule has 1 amide bonds. The normalized spacial score (nSPS) is 12.3. The number of anilines is 2. The van der Waals surface area contributed by atoms with Crippen LogP contribution in [0.15, 0.2) is 36.4 Å². The van der Waals surface area contributed by atoms with Gasteiger partial charge in [-0.05, 0) is 56.2 Å². The first-order valence-electron chi connectivity index (χ1n) is 9.21. The lowest BCUT2D eigenvalue weighted by atomic mass is 10.0. The lowest BCUT2D eigenvalue weighted by Gasteiger charge is -2.28. The Labute approximate surface area is 172 Å². The number of sulfonamides is 1. The number of benzene rings is 2. The van der Waals surface area contributed by atoms with Gasteiger partial charge in [0.25, 0.3) is 0 Å². The molecule has 8 heteroatoms. The molecular formula is C21H28N2O5S. The fraction of sp³-hybridized carbons (Fsp3) is 0.381. The second-order valence-corrected chi connectivity index (χ2v) is 9.12. The molecule has 2 rings (SSSR count). The van der Waals surface area contributed by atoms with Crippen molar-refractivity contribution in [1.29, 1.82) is 0 Å². The van der Waals surface area contributed by atoms with Crippen molar-refractivity contribution < 1.29 is 23.1 Å². The van der Waals surface area contributed by atoms with E-state index in [0.717, 1.165) is 22.9 Å². The topological polar surface area (TPSA) is 95.9 Å². The van der Waals surface area contributed by atoms with Crippen LogP contribution in [0.25, 0.3) is 0 Å². The van der Waals surface area contributed by atoms with Crippen LogP contribution in [0.5, 0.6) is 5.75 Å². The summed E-state index contributed by atoms with van der Waals surface area (Å²) in [5, 5.41) is 13.1. The number of rotatable bonds is 8. The zero-order chi connectivity index (χ0) is 21.8. The minimum Gasteiger partial charge on any atom is -0.491 e. The number of aryl methyl sites for hydroxylation is 3. The maximum Gasteiger partial charge on any atom is 0.232 e. The van der Waals surface area contributed by atoms with Crippen molar-refractivity contribution in [2.75, 3.05) is 29.0 Å². The average molecular weight is 421 g/mol. The fourth-order valence-corrected chi connectivity index (χ4v) is 4.30. The Morgan fingerprint density at radius 1 is 1.14 bits per heavy atom. The molecule has 0 aliphatic heterocycles. The first-order valence-corrected chi connectivity index (χ1v) is 11.1. The van der Waals surface area contributed by atoms with Gasteiger partial charge in [0.05, 0.1) is 18.5 Å². The molecule has 0 bridgehead atoms. The van der Waals surface area contributed by atoms with Gasteiger partial charge >= 0.3 is 0 Å². The van der Waals surface area contributed by atoms with Gasteiger partial charge in [-0.25, -0.2) is 8.42 Å². The highest BCUT2D eigenvalue weighted by Gasteiger charge is 2.24. The molecule has 2 aromatic rings. The molecule has 0 heterocycles. The number of hydrogen-bond donors (Lipinski definition) is 2. The predicted molar refractivity (Wildman–Crippen MR) is 115 cm³/mol. The van der Waals surface area contributed by atoms with E-state index >= 15 is 0 Å². The summed E-state index contributed by atoms with van der Waals surface area (Å²) in [6.45, 7) is 6.89. The standard InChI is InChI=1S/C21H28N2O5S/c1-14-10-15(2)21(16(3)11-14)23(29(5,26)27)12-19(25)13-28-20-8-6-18(7-9-20)22-17(4)24/h6-11,19,25H,12-13H2,1-5H3,(H,22,24). The monoisotopic (exact) mass is 420 g/mol. The second kappa shape index (κ2) is 9.28. The van der Waals surface area contributed by atoms with E-state index < -0.39 is 16.1 Å². The van der Waals surface area contributed by atoms with E-state index in [0.29, 0.717) is 17.1 Å². The number of aliphatic hydroxyl groups is 1. The van der Waals surface area contributed by atoms with Gasteiger partial charge < -0.3 is 15.2 Å². The molecule has 2 N–H and O–H groups in total. The molecule has 29 heavy (non-hydrogen) atoms. The Morgan fingerprint density at radius 3 is 2.17 bits per heavy atom. The number of nitrogens with zero attached hydrogens (tertiary/aromatic N) is 1. The Balaban J connectivity index is 2.10. The Kier molecular flexibility index (Phi) is 7.26. The molecule has 0 saturated carbocycles. The summed E-state index contributed by atoms with van der Waals surface area (Å²) < 4.78 is 31.6. The summed E-state index contributed by atoms with van der Waals surface area (Å²) in [7, 11) is -3.59. The summed E-state index contributed by atoms with van der Waals surface area (Å²) >= 11 is 0. The van der Waals surface area contributed by atoms with E-state index in [1.54, 1.807) is 24.3 Å². The molecule has 0 aromatic heterocycles. The minimum atomic E-state index is -3.59. The molecule has 0 fully saturated rings. The van der Waals surface area contributed by atoms with Gasteiger partial charge in [0.2, 0.25) is 15.9 Å². The van der Waals surface area contributed by atoms with Crippen LogP contribution in [0, 0.1) is 20.8 Å². The molecule has 0 radical (unpaired) electrons. The lowest BCUT2D eigenvalue weighted by molar-refractivity contribution is -0.114. The van der Waals surface area contributed by atoms with Crippen molar-refractivity contribution in [1.82, 2.24) is 0 Å². The van der Waals surface area contributed by atoms with Crippen molar-refractivity contribution in [3.05, 3.63) is 53.1 Å². The largest absolute Gasteiger partial charge is 0.491 e. The fourth-order valence-electron chi connectivity index (χ4n) is 3.23. The van der Waals surface area contributed by atoms with E-state index in [1.807, 2.05) is 32.9 Å². The van der Waals surface area contributed by atoms with Crippen LogP contribution in [-0.2, 0) is 14.8 Å². The lowest BCUT2D eigenvalue weighted by Crippen LogP contribution is -2.40. The van der Waals surface area contributed by atoms with Gasteiger partial charge in [0, 0.05) is 12.6 Å². The van der Waals surface area contributed by atoms with Crippen molar-refractivity contribution in [2.45, 2.75) is 33.8 Å². The van der Waals surface area contributed by atoms with E-state index in [-0.39, 0.29) is 19.1 Å². The number of hydrogen-bond acceptors (Lipinski definition) is 5. The smallest absolute Gasteiger partial charge is 0.232 e. The zero-order valence-corrected chi connectivity index (χ0v) is 18.2. The number of ether oxygens (including phenoxy) is 1. The minimum absolute atomic E-state index is 0.0739. The first-order chi connectivity index (χ1) is 13.5. The second-order valence-electron chi connectivity index (χ2n) is 7.21. The summed E-state index contributed by atoms with van der Waals surface area (Å²) in [5.41, 5.74) is 3.92. The van der Waals surface area contributed by atoms with Crippen LogP contribution in [0.2, 0.25) is 0 Å². The molecular weight excluding hydrogens is 392 g/mol. The van der Waals surface area contributed by atoms with Crippen molar-refractivity contribution in [2.24, 2.45) is 0 Å². The first kappa shape index (κ1) is 22.7. The molecule has 0 spiro atoms. The quantitative estimate of drug-likeness (QED) is 0.685. The van der Waals surface area contributed by atoms with Crippen molar-refractivity contribution in [3.8, 4) is 5.75 Å². The summed E-state index contributed by atoms with van der Waals surface area (Å²) in [6.07, 6.45) is 0.0971. The van der Waals surface area contributed by atoms with Gasteiger partial charge in [0.1, 0.15) is 18.5 Å². The highest BCUT2D eigenvalue weighted by molar-refractivity contribution is 7.92. The van der Waals surface area contributed by atoms with E-state index in [1.165, 1.54) is 11.2 Å². The van der Waals surface area contributed by atoms with Crippen LogP contribution in [0.1, 0.15) is 23.6 Å². The maximum absolute atomic E-state index is 12.4. The summed E-state index contributed by atoms with van der Waals surface area (Å²) in [5.74, 6) is 0.336. The number of nitrogens with one attached hydrogen (secondary N) is 1. The van der Waals surface area contributed by atoms with Crippen molar-refractivity contribution >= 4 is 27.3 Å². The van der Waals surface area contributed by atoms with Crippen LogP contribution in [-0.4, -0.2) is 44.9 Å². The van der Waals surface area contributed by atoms with Crippen molar-refractivity contribution in [3.63, 3.8) is 0 Å². The summed E-state index contributed by atoms with van der Waals surface area (Å²) in [4.78, 5) is 11.1. The average Bonchev–Trinajstić information content (AvgIpc) is 2.58. The maximum atomic E-state index is 12.4. The predicted octanol–water partition coefficient (Wildman–Crippen LogP) is 2.78.